The minimum Gasteiger partial charge on any atom is -0.383 e. The predicted molar refractivity (Wildman–Crippen MR) is 69.2 cm³/mol. The summed E-state index contributed by atoms with van der Waals surface area (Å²) in [6, 6.07) is 2.02. The Morgan fingerprint density at radius 3 is 3.11 bits per heavy atom. The van der Waals surface area contributed by atoms with E-state index in [1.807, 2.05) is 23.4 Å². The van der Waals surface area contributed by atoms with E-state index in [1.54, 1.807) is 7.11 Å². The molecule has 0 aromatic carbocycles. The zero-order valence-electron chi connectivity index (χ0n) is 11.1. The lowest BCUT2D eigenvalue weighted by atomic mass is 9.97. The molecule has 0 aliphatic carbocycles. The van der Waals surface area contributed by atoms with Gasteiger partial charge >= 0.3 is 0 Å². The van der Waals surface area contributed by atoms with E-state index in [0.29, 0.717) is 25.5 Å². The van der Waals surface area contributed by atoms with E-state index in [2.05, 4.69) is 11.9 Å². The number of ether oxygens (including phenoxy) is 1. The van der Waals surface area contributed by atoms with Gasteiger partial charge in [0.2, 0.25) is 5.91 Å². The third kappa shape index (κ3) is 3.07. The summed E-state index contributed by atoms with van der Waals surface area (Å²) in [5.74, 6) is 0.663. The van der Waals surface area contributed by atoms with Crippen LogP contribution in [-0.4, -0.2) is 42.6 Å². The van der Waals surface area contributed by atoms with Crippen LogP contribution in [0.1, 0.15) is 17.5 Å². The predicted octanol–water partition coefficient (Wildman–Crippen LogP) is 1.43. The highest BCUT2D eigenvalue weighted by Gasteiger charge is 2.29. The minimum absolute atomic E-state index is 0.249. The van der Waals surface area contributed by atoms with Gasteiger partial charge in [0.15, 0.2) is 0 Å². The van der Waals surface area contributed by atoms with Gasteiger partial charge in [0.25, 0.3) is 0 Å². The fourth-order valence-corrected chi connectivity index (χ4v) is 2.43. The Balaban J connectivity index is 1.92. The second kappa shape index (κ2) is 5.96. The lowest BCUT2D eigenvalue weighted by Gasteiger charge is -2.16. The molecule has 18 heavy (non-hydrogen) atoms. The van der Waals surface area contributed by atoms with Gasteiger partial charge < -0.3 is 9.64 Å². The van der Waals surface area contributed by atoms with Crippen LogP contribution in [0.25, 0.3) is 0 Å². The van der Waals surface area contributed by atoms with Gasteiger partial charge in [-0.2, -0.15) is 0 Å². The molecule has 1 fully saturated rings. The van der Waals surface area contributed by atoms with Crippen molar-refractivity contribution in [2.45, 2.75) is 19.8 Å². The van der Waals surface area contributed by atoms with Crippen molar-refractivity contribution < 1.29 is 9.53 Å². The molecule has 4 heteroatoms. The molecule has 1 saturated heterocycles. The van der Waals surface area contributed by atoms with Crippen LogP contribution in [0.4, 0.5) is 0 Å². The number of aryl methyl sites for hydroxylation is 1. The number of rotatable bonds is 5. The van der Waals surface area contributed by atoms with Gasteiger partial charge in [0, 0.05) is 39.0 Å². The standard InChI is InChI=1S/C14H20N2O2/c1-11-3-4-15-9-13(11)7-12-8-14(17)16(10-12)5-6-18-2/h3-4,9,12H,5-8,10H2,1-2H3/t12-/m1/s1. The zero-order chi connectivity index (χ0) is 13.0. The van der Waals surface area contributed by atoms with Crippen LogP contribution in [0.5, 0.6) is 0 Å². The molecule has 0 unspecified atom stereocenters. The molecule has 0 spiro atoms. The third-order valence-corrected chi connectivity index (χ3v) is 3.52. The SMILES string of the molecule is COCCN1C[C@H](Cc2cnccc2C)CC1=O. The highest BCUT2D eigenvalue weighted by molar-refractivity contribution is 5.78. The summed E-state index contributed by atoms with van der Waals surface area (Å²) in [6.07, 6.45) is 5.31. The van der Waals surface area contributed by atoms with E-state index in [4.69, 9.17) is 4.74 Å². The zero-order valence-corrected chi connectivity index (χ0v) is 11.1. The van der Waals surface area contributed by atoms with Crippen molar-refractivity contribution in [1.82, 2.24) is 9.88 Å². The van der Waals surface area contributed by atoms with Crippen LogP contribution < -0.4 is 0 Å². The molecular weight excluding hydrogens is 228 g/mol. The Morgan fingerprint density at radius 2 is 2.39 bits per heavy atom. The summed E-state index contributed by atoms with van der Waals surface area (Å²) >= 11 is 0. The first kappa shape index (κ1) is 13.0. The summed E-state index contributed by atoms with van der Waals surface area (Å²) in [7, 11) is 1.66. The number of carbonyl (C=O) groups is 1. The first-order chi connectivity index (χ1) is 8.70. The Hall–Kier alpha value is -1.42. The lowest BCUT2D eigenvalue weighted by Crippen LogP contribution is -2.28. The molecular formula is C14H20N2O2. The average molecular weight is 248 g/mol. The summed E-state index contributed by atoms with van der Waals surface area (Å²) in [5.41, 5.74) is 2.51. The normalized spacial score (nSPS) is 19.6. The smallest absolute Gasteiger partial charge is 0.223 e. The maximum atomic E-state index is 11.8. The van der Waals surface area contributed by atoms with E-state index in [1.165, 1.54) is 11.1 Å². The molecule has 0 N–H and O–H groups in total. The molecule has 1 aliphatic heterocycles. The van der Waals surface area contributed by atoms with E-state index < -0.39 is 0 Å². The first-order valence-corrected chi connectivity index (χ1v) is 6.37. The number of amides is 1. The van der Waals surface area contributed by atoms with Gasteiger partial charge in [0.1, 0.15) is 0 Å². The monoisotopic (exact) mass is 248 g/mol. The number of methoxy groups -OCH3 is 1. The number of likely N-dealkylation sites (tertiary alicyclic amines) is 1. The first-order valence-electron chi connectivity index (χ1n) is 6.37. The second-order valence-electron chi connectivity index (χ2n) is 4.91. The van der Waals surface area contributed by atoms with Crippen molar-refractivity contribution in [3.05, 3.63) is 29.6 Å². The average Bonchev–Trinajstić information content (AvgIpc) is 2.70. The van der Waals surface area contributed by atoms with Crippen molar-refractivity contribution in [3.63, 3.8) is 0 Å². The largest absolute Gasteiger partial charge is 0.383 e. The Kier molecular flexibility index (Phi) is 4.31. The summed E-state index contributed by atoms with van der Waals surface area (Å²) in [6.45, 7) is 4.26. The number of pyridine rings is 1. The number of nitrogens with zero attached hydrogens (tertiary/aromatic N) is 2. The van der Waals surface area contributed by atoms with Gasteiger partial charge in [0.05, 0.1) is 6.61 Å². The van der Waals surface area contributed by atoms with Gasteiger partial charge in [-0.25, -0.2) is 0 Å². The number of hydrogen-bond donors (Lipinski definition) is 0. The molecule has 1 aromatic rings. The lowest BCUT2D eigenvalue weighted by molar-refractivity contribution is -0.128. The van der Waals surface area contributed by atoms with Crippen molar-refractivity contribution in [2.75, 3.05) is 26.8 Å². The number of hydrogen-bond acceptors (Lipinski definition) is 3. The molecule has 0 saturated carbocycles. The Bertz CT molecular complexity index is 420. The van der Waals surface area contributed by atoms with E-state index in [0.717, 1.165) is 13.0 Å². The van der Waals surface area contributed by atoms with Crippen molar-refractivity contribution in [3.8, 4) is 0 Å². The summed E-state index contributed by atoms with van der Waals surface area (Å²) in [5, 5.41) is 0. The third-order valence-electron chi connectivity index (χ3n) is 3.52. The molecule has 98 valence electrons. The van der Waals surface area contributed by atoms with Crippen molar-refractivity contribution >= 4 is 5.91 Å². The maximum absolute atomic E-state index is 11.8. The topological polar surface area (TPSA) is 42.4 Å². The maximum Gasteiger partial charge on any atom is 0.223 e. The molecule has 0 bridgehead atoms. The van der Waals surface area contributed by atoms with Crippen LogP contribution in [0.15, 0.2) is 18.5 Å². The molecule has 1 atom stereocenters. The van der Waals surface area contributed by atoms with Crippen LogP contribution in [0, 0.1) is 12.8 Å². The van der Waals surface area contributed by atoms with Gasteiger partial charge in [-0.3, -0.25) is 9.78 Å². The fourth-order valence-electron chi connectivity index (χ4n) is 2.43. The van der Waals surface area contributed by atoms with Crippen molar-refractivity contribution in [1.29, 1.82) is 0 Å². The van der Waals surface area contributed by atoms with Crippen LogP contribution >= 0.6 is 0 Å². The Morgan fingerprint density at radius 1 is 1.56 bits per heavy atom. The summed E-state index contributed by atoms with van der Waals surface area (Å²) in [4.78, 5) is 17.9. The second-order valence-corrected chi connectivity index (χ2v) is 4.91. The number of carbonyl (C=O) groups excluding carboxylic acids is 1. The molecule has 1 amide bonds. The van der Waals surface area contributed by atoms with Crippen molar-refractivity contribution in [2.24, 2.45) is 5.92 Å². The van der Waals surface area contributed by atoms with Crippen LogP contribution in [0.2, 0.25) is 0 Å². The number of aromatic nitrogens is 1. The molecule has 2 rings (SSSR count). The molecule has 1 aromatic heterocycles. The van der Waals surface area contributed by atoms with E-state index >= 15 is 0 Å². The minimum atomic E-state index is 0.249. The Labute approximate surface area is 108 Å². The molecule has 2 heterocycles. The molecule has 0 radical (unpaired) electrons. The van der Waals surface area contributed by atoms with Gasteiger partial charge in [-0.05, 0) is 36.5 Å². The van der Waals surface area contributed by atoms with Crippen LogP contribution in [0.3, 0.4) is 0 Å². The molecule has 4 nitrogen and oxygen atoms in total. The summed E-state index contributed by atoms with van der Waals surface area (Å²) < 4.78 is 5.02. The fraction of sp³-hybridized carbons (Fsp3) is 0.571. The van der Waals surface area contributed by atoms with E-state index in [-0.39, 0.29) is 5.91 Å². The highest BCUT2D eigenvalue weighted by atomic mass is 16.5. The molecule has 1 aliphatic rings. The quantitative estimate of drug-likeness (QED) is 0.791. The van der Waals surface area contributed by atoms with Gasteiger partial charge in [-0.15, -0.1) is 0 Å². The van der Waals surface area contributed by atoms with E-state index in [9.17, 15) is 4.79 Å². The highest BCUT2D eigenvalue weighted by Crippen LogP contribution is 2.22. The van der Waals surface area contributed by atoms with Gasteiger partial charge in [-0.1, -0.05) is 0 Å². The van der Waals surface area contributed by atoms with Crippen LogP contribution in [-0.2, 0) is 16.0 Å².